The number of carbonyl (C=O) groups is 1. The van der Waals surface area contributed by atoms with Crippen molar-refractivity contribution in [2.24, 2.45) is 11.3 Å². The highest BCUT2D eigenvalue weighted by molar-refractivity contribution is 5.70. The number of alkyl carbamates (subject to hydrolysis) is 1. The summed E-state index contributed by atoms with van der Waals surface area (Å²) < 4.78 is 11.3. The number of amides is 1. The van der Waals surface area contributed by atoms with E-state index < -0.39 is 0 Å². The molecule has 0 radical (unpaired) electrons. The van der Waals surface area contributed by atoms with Gasteiger partial charge in [-0.25, -0.2) is 4.79 Å². The van der Waals surface area contributed by atoms with Crippen molar-refractivity contribution in [3.05, 3.63) is 53.6 Å². The number of hydrogen-bond donors (Lipinski definition) is 1. The zero-order valence-corrected chi connectivity index (χ0v) is 18.8. The second-order valence-electron chi connectivity index (χ2n) is 10.2. The quantitative estimate of drug-likeness (QED) is 0.743. The van der Waals surface area contributed by atoms with Crippen molar-refractivity contribution in [2.45, 2.75) is 50.7 Å². The van der Waals surface area contributed by atoms with Gasteiger partial charge in [0.05, 0.1) is 13.2 Å². The summed E-state index contributed by atoms with van der Waals surface area (Å²) in [6.45, 7) is 3.21. The molecular weight excluding hydrogens is 400 g/mol. The highest BCUT2D eigenvalue weighted by atomic mass is 16.6. The molecule has 3 saturated heterocycles. The molecule has 1 amide bonds. The summed E-state index contributed by atoms with van der Waals surface area (Å²) in [6, 6.07) is 15.0. The van der Waals surface area contributed by atoms with E-state index in [0.717, 1.165) is 51.1 Å². The average Bonchev–Trinajstić information content (AvgIpc) is 3.62. The molecule has 4 fully saturated rings. The van der Waals surface area contributed by atoms with E-state index in [9.17, 15) is 4.79 Å². The molecule has 32 heavy (non-hydrogen) atoms. The normalized spacial score (nSPS) is 29.3. The van der Waals surface area contributed by atoms with Gasteiger partial charge in [-0.05, 0) is 97.3 Å². The molecular formula is C27H32N2O3. The molecule has 3 aliphatic heterocycles. The van der Waals surface area contributed by atoms with Gasteiger partial charge in [0.15, 0.2) is 0 Å². The molecule has 2 aromatic rings. The summed E-state index contributed by atoms with van der Waals surface area (Å²) in [4.78, 5) is 15.4. The van der Waals surface area contributed by atoms with Crippen LogP contribution in [0.25, 0.3) is 11.1 Å². The summed E-state index contributed by atoms with van der Waals surface area (Å²) in [5.74, 6) is 1.40. The van der Waals surface area contributed by atoms with Crippen LogP contribution in [0.1, 0.15) is 49.3 Å². The molecule has 5 nitrogen and oxygen atoms in total. The van der Waals surface area contributed by atoms with Crippen molar-refractivity contribution in [1.29, 1.82) is 0 Å². The summed E-state index contributed by atoms with van der Waals surface area (Å²) in [7, 11) is 1.69. The molecule has 2 atom stereocenters. The maximum Gasteiger partial charge on any atom is 0.407 e. The van der Waals surface area contributed by atoms with Gasteiger partial charge in [0.1, 0.15) is 11.9 Å². The first-order chi connectivity index (χ1) is 15.6. The Labute approximate surface area is 190 Å². The number of nitrogens with one attached hydrogen (secondary N) is 1. The topological polar surface area (TPSA) is 50.8 Å². The molecule has 7 rings (SSSR count). The minimum absolute atomic E-state index is 0.0492. The van der Waals surface area contributed by atoms with Crippen LogP contribution in [-0.2, 0) is 11.2 Å². The molecule has 2 aromatic carbocycles. The highest BCUT2D eigenvalue weighted by Crippen LogP contribution is 2.61. The smallest absolute Gasteiger partial charge is 0.407 e. The molecule has 1 unspecified atom stereocenters. The lowest BCUT2D eigenvalue weighted by molar-refractivity contribution is -0.0347. The fraction of sp³-hybridized carbons (Fsp3) is 0.519. The van der Waals surface area contributed by atoms with E-state index in [1.54, 1.807) is 7.11 Å². The van der Waals surface area contributed by atoms with Gasteiger partial charge < -0.3 is 14.8 Å². The molecule has 1 N–H and O–H groups in total. The standard InChI is InChI=1S/C27H32N2O3/c1-31-22-5-2-18(3-6-22)20-4-7-23-21(16-20)8-11-27(12-13-27)25(23)28-26(30)32-24-17-29-14-9-19(24)10-15-29/h2-7,16,19,24-25H,8-15,17H2,1H3,(H,28,30)/t24-,25?/m1/s1. The first-order valence-corrected chi connectivity index (χ1v) is 12.1. The van der Waals surface area contributed by atoms with Gasteiger partial charge in [-0.3, -0.25) is 4.90 Å². The molecule has 1 saturated carbocycles. The van der Waals surface area contributed by atoms with E-state index in [4.69, 9.17) is 9.47 Å². The third kappa shape index (κ3) is 3.57. The van der Waals surface area contributed by atoms with E-state index in [2.05, 4.69) is 40.5 Å². The SMILES string of the molecule is COc1ccc(-c2ccc3c(c2)CCC2(CC2)C3NC(=O)O[C@@H]2CN3CCC2CC3)cc1. The highest BCUT2D eigenvalue weighted by Gasteiger charge is 2.53. The lowest BCUT2D eigenvalue weighted by Crippen LogP contribution is -2.53. The van der Waals surface area contributed by atoms with Gasteiger partial charge in [-0.2, -0.15) is 0 Å². The largest absolute Gasteiger partial charge is 0.497 e. The van der Waals surface area contributed by atoms with E-state index in [1.807, 2.05) is 12.1 Å². The molecule has 2 aliphatic carbocycles. The fourth-order valence-electron chi connectivity index (χ4n) is 6.19. The average molecular weight is 433 g/mol. The van der Waals surface area contributed by atoms with Crippen LogP contribution in [0.3, 0.4) is 0 Å². The van der Waals surface area contributed by atoms with E-state index >= 15 is 0 Å². The predicted molar refractivity (Wildman–Crippen MR) is 124 cm³/mol. The molecule has 3 heterocycles. The van der Waals surface area contributed by atoms with Crippen LogP contribution in [-0.4, -0.2) is 43.8 Å². The second-order valence-corrected chi connectivity index (χ2v) is 10.2. The lowest BCUT2D eigenvalue weighted by Gasteiger charge is -2.44. The second kappa shape index (κ2) is 7.80. The number of rotatable bonds is 4. The number of methoxy groups -OCH3 is 1. The van der Waals surface area contributed by atoms with Crippen molar-refractivity contribution < 1.29 is 14.3 Å². The molecule has 5 heteroatoms. The van der Waals surface area contributed by atoms with Gasteiger partial charge in [-0.1, -0.05) is 30.3 Å². The lowest BCUT2D eigenvalue weighted by atomic mass is 9.76. The Hall–Kier alpha value is -2.53. The number of aryl methyl sites for hydroxylation is 1. The monoisotopic (exact) mass is 432 g/mol. The van der Waals surface area contributed by atoms with Crippen molar-refractivity contribution in [3.63, 3.8) is 0 Å². The number of carbonyl (C=O) groups excluding carboxylic acids is 1. The third-order valence-electron chi connectivity index (χ3n) is 8.39. The van der Waals surface area contributed by atoms with Crippen molar-refractivity contribution in [2.75, 3.05) is 26.7 Å². The molecule has 5 aliphatic rings. The van der Waals surface area contributed by atoms with E-state index in [0.29, 0.717) is 5.92 Å². The minimum Gasteiger partial charge on any atom is -0.497 e. The number of fused-ring (bicyclic) bond motifs is 4. The molecule has 0 aromatic heterocycles. The first kappa shape index (κ1) is 20.1. The maximum absolute atomic E-state index is 13.0. The van der Waals surface area contributed by atoms with Crippen molar-refractivity contribution in [1.82, 2.24) is 10.2 Å². The van der Waals surface area contributed by atoms with Gasteiger partial charge in [0, 0.05) is 6.54 Å². The summed E-state index contributed by atoms with van der Waals surface area (Å²) in [5, 5.41) is 3.31. The Kier molecular flexibility index (Phi) is 4.90. The van der Waals surface area contributed by atoms with E-state index in [-0.39, 0.29) is 23.7 Å². The Balaban J connectivity index is 1.21. The first-order valence-electron chi connectivity index (χ1n) is 12.1. The maximum atomic E-state index is 13.0. The van der Waals surface area contributed by atoms with Gasteiger partial charge in [-0.15, -0.1) is 0 Å². The van der Waals surface area contributed by atoms with E-state index in [1.165, 1.54) is 35.1 Å². The van der Waals surface area contributed by atoms with Gasteiger partial charge >= 0.3 is 6.09 Å². The molecule has 2 bridgehead atoms. The number of piperidine rings is 3. The van der Waals surface area contributed by atoms with Crippen molar-refractivity contribution >= 4 is 6.09 Å². The zero-order valence-electron chi connectivity index (χ0n) is 18.8. The Morgan fingerprint density at radius 2 is 1.78 bits per heavy atom. The van der Waals surface area contributed by atoms with Crippen molar-refractivity contribution in [3.8, 4) is 16.9 Å². The van der Waals surface area contributed by atoms with Crippen LogP contribution in [0.4, 0.5) is 4.79 Å². The summed E-state index contributed by atoms with van der Waals surface area (Å²) in [6.07, 6.45) is 6.72. The number of benzene rings is 2. The van der Waals surface area contributed by atoms with Crippen LogP contribution < -0.4 is 10.1 Å². The zero-order chi connectivity index (χ0) is 21.7. The number of ether oxygens (including phenoxy) is 2. The van der Waals surface area contributed by atoms with Gasteiger partial charge in [0.2, 0.25) is 0 Å². The van der Waals surface area contributed by atoms with Crippen LogP contribution >= 0.6 is 0 Å². The van der Waals surface area contributed by atoms with Crippen LogP contribution in [0.2, 0.25) is 0 Å². The Morgan fingerprint density at radius 1 is 1.03 bits per heavy atom. The molecule has 1 spiro atoms. The minimum atomic E-state index is -0.230. The Morgan fingerprint density at radius 3 is 2.44 bits per heavy atom. The number of nitrogens with zero attached hydrogens (tertiary/aromatic N) is 1. The predicted octanol–water partition coefficient (Wildman–Crippen LogP) is 4.95. The van der Waals surface area contributed by atoms with Crippen LogP contribution in [0.15, 0.2) is 42.5 Å². The Bertz CT molecular complexity index is 1010. The summed E-state index contributed by atoms with van der Waals surface area (Å²) in [5.41, 5.74) is 5.25. The molecule has 168 valence electrons. The van der Waals surface area contributed by atoms with Gasteiger partial charge in [0.25, 0.3) is 0 Å². The third-order valence-corrected chi connectivity index (χ3v) is 8.39. The summed E-state index contributed by atoms with van der Waals surface area (Å²) >= 11 is 0. The fourth-order valence-corrected chi connectivity index (χ4v) is 6.19. The van der Waals surface area contributed by atoms with Crippen LogP contribution in [0, 0.1) is 11.3 Å². The number of hydrogen-bond acceptors (Lipinski definition) is 4. The van der Waals surface area contributed by atoms with Crippen LogP contribution in [0.5, 0.6) is 5.75 Å².